The van der Waals surface area contributed by atoms with Crippen LogP contribution in [0.3, 0.4) is 0 Å². The van der Waals surface area contributed by atoms with Gasteiger partial charge in [-0.25, -0.2) is 4.98 Å². The van der Waals surface area contributed by atoms with Crippen LogP contribution in [0.15, 0.2) is 35.6 Å². The molecule has 0 fully saturated rings. The number of aromatic amines is 1. The molecule has 1 N–H and O–H groups in total. The molecule has 0 spiro atoms. The molecule has 86 valence electrons. The van der Waals surface area contributed by atoms with Gasteiger partial charge in [-0.2, -0.15) is 10.1 Å². The fourth-order valence-corrected chi connectivity index (χ4v) is 1.49. The van der Waals surface area contributed by atoms with Crippen molar-refractivity contribution in [3.05, 3.63) is 37.0 Å². The first-order chi connectivity index (χ1) is 8.42. The van der Waals surface area contributed by atoms with E-state index in [0.29, 0.717) is 18.1 Å². The van der Waals surface area contributed by atoms with Crippen LogP contribution in [-0.2, 0) is 13.0 Å². The molecule has 7 heteroatoms. The van der Waals surface area contributed by atoms with Crippen LogP contribution < -0.4 is 0 Å². The van der Waals surface area contributed by atoms with Crippen molar-refractivity contribution in [2.75, 3.05) is 0 Å². The Bertz CT molecular complexity index is 568. The Morgan fingerprint density at radius 3 is 3.18 bits per heavy atom. The molecule has 0 unspecified atom stereocenters. The molecular weight excluding hydrogens is 220 g/mol. The van der Waals surface area contributed by atoms with Crippen LogP contribution in [0.5, 0.6) is 0 Å². The molecule has 3 aromatic rings. The summed E-state index contributed by atoms with van der Waals surface area (Å²) in [6.45, 7) is 0.771. The number of nitrogens with one attached hydrogen (secondary N) is 1. The van der Waals surface area contributed by atoms with Gasteiger partial charge in [0.1, 0.15) is 0 Å². The molecule has 7 nitrogen and oxygen atoms in total. The molecule has 0 radical (unpaired) electrons. The summed E-state index contributed by atoms with van der Waals surface area (Å²) in [4.78, 5) is 8.24. The lowest BCUT2D eigenvalue weighted by atomic mass is 10.3. The molecule has 0 saturated heterocycles. The van der Waals surface area contributed by atoms with Crippen molar-refractivity contribution >= 4 is 0 Å². The van der Waals surface area contributed by atoms with Crippen LogP contribution in [-0.4, -0.2) is 29.9 Å². The van der Waals surface area contributed by atoms with Gasteiger partial charge in [-0.1, -0.05) is 5.16 Å². The molecule has 3 rings (SSSR count). The van der Waals surface area contributed by atoms with Crippen molar-refractivity contribution in [3.8, 4) is 11.4 Å². The topological polar surface area (TPSA) is 85.4 Å². The monoisotopic (exact) mass is 230 g/mol. The van der Waals surface area contributed by atoms with Crippen molar-refractivity contribution in [1.82, 2.24) is 29.9 Å². The van der Waals surface area contributed by atoms with E-state index in [1.807, 2.05) is 10.8 Å². The zero-order valence-corrected chi connectivity index (χ0v) is 8.95. The van der Waals surface area contributed by atoms with Crippen molar-refractivity contribution in [3.63, 3.8) is 0 Å². The number of hydrogen-bond donors (Lipinski definition) is 1. The summed E-state index contributed by atoms with van der Waals surface area (Å²) in [5.41, 5.74) is 0.822. The normalized spacial score (nSPS) is 10.8. The summed E-state index contributed by atoms with van der Waals surface area (Å²) in [7, 11) is 0. The highest BCUT2D eigenvalue weighted by Gasteiger charge is 2.08. The average molecular weight is 230 g/mol. The average Bonchev–Trinajstić information content (AvgIpc) is 3.09. The van der Waals surface area contributed by atoms with Crippen LogP contribution in [0.4, 0.5) is 0 Å². The lowest BCUT2D eigenvalue weighted by Gasteiger charge is -1.96. The number of rotatable bonds is 4. The summed E-state index contributed by atoms with van der Waals surface area (Å²) in [6, 6.07) is 0. The summed E-state index contributed by atoms with van der Waals surface area (Å²) in [5.74, 6) is 1.16. The van der Waals surface area contributed by atoms with E-state index in [1.54, 1.807) is 24.9 Å². The lowest BCUT2D eigenvalue weighted by molar-refractivity contribution is 0.372. The van der Waals surface area contributed by atoms with E-state index >= 15 is 0 Å². The second-order valence-electron chi connectivity index (χ2n) is 3.55. The molecule has 0 aromatic carbocycles. The first kappa shape index (κ1) is 9.76. The molecular formula is C10H10N6O. The van der Waals surface area contributed by atoms with E-state index in [2.05, 4.69) is 25.3 Å². The van der Waals surface area contributed by atoms with Gasteiger partial charge in [-0.15, -0.1) is 0 Å². The second-order valence-corrected chi connectivity index (χ2v) is 3.55. The number of hydrogen-bond acceptors (Lipinski definition) is 5. The Morgan fingerprint density at radius 1 is 1.41 bits per heavy atom. The zero-order valence-electron chi connectivity index (χ0n) is 8.95. The van der Waals surface area contributed by atoms with Crippen LogP contribution in [0.2, 0.25) is 0 Å². The molecule has 3 heterocycles. The SMILES string of the molecule is c1cn(CCc2nc(-c3cn[nH]c3)no2)cn1. The minimum absolute atomic E-state index is 0.555. The van der Waals surface area contributed by atoms with Gasteiger partial charge in [0.05, 0.1) is 18.1 Å². The third kappa shape index (κ3) is 2.07. The van der Waals surface area contributed by atoms with Gasteiger partial charge in [0.15, 0.2) is 0 Å². The molecule has 0 saturated carbocycles. The quantitative estimate of drug-likeness (QED) is 0.719. The predicted molar refractivity (Wildman–Crippen MR) is 57.8 cm³/mol. The van der Waals surface area contributed by atoms with Gasteiger partial charge in [0.25, 0.3) is 0 Å². The van der Waals surface area contributed by atoms with E-state index < -0.39 is 0 Å². The second kappa shape index (κ2) is 4.20. The van der Waals surface area contributed by atoms with Crippen LogP contribution in [0.1, 0.15) is 5.89 Å². The highest BCUT2D eigenvalue weighted by atomic mass is 16.5. The van der Waals surface area contributed by atoms with Gasteiger partial charge in [-0.3, -0.25) is 5.10 Å². The minimum atomic E-state index is 0.555. The maximum atomic E-state index is 5.15. The molecule has 0 aliphatic carbocycles. The van der Waals surface area contributed by atoms with Crippen LogP contribution >= 0.6 is 0 Å². The molecule has 0 atom stereocenters. The van der Waals surface area contributed by atoms with Crippen LogP contribution in [0, 0.1) is 0 Å². The predicted octanol–water partition coefficient (Wildman–Crippen LogP) is 0.899. The highest BCUT2D eigenvalue weighted by Crippen LogP contribution is 2.13. The van der Waals surface area contributed by atoms with E-state index in [9.17, 15) is 0 Å². The van der Waals surface area contributed by atoms with E-state index in [4.69, 9.17) is 4.52 Å². The molecule has 17 heavy (non-hydrogen) atoms. The Labute approximate surface area is 96.5 Å². The first-order valence-electron chi connectivity index (χ1n) is 5.19. The Kier molecular flexibility index (Phi) is 2.41. The van der Waals surface area contributed by atoms with Gasteiger partial charge >= 0.3 is 0 Å². The molecule has 0 amide bonds. The minimum Gasteiger partial charge on any atom is -0.339 e. The van der Waals surface area contributed by atoms with Crippen LogP contribution in [0.25, 0.3) is 11.4 Å². The van der Waals surface area contributed by atoms with Gasteiger partial charge in [0, 0.05) is 31.6 Å². The number of aryl methyl sites for hydroxylation is 2. The fraction of sp³-hybridized carbons (Fsp3) is 0.200. The van der Waals surface area contributed by atoms with Gasteiger partial charge < -0.3 is 9.09 Å². The molecule has 0 aliphatic heterocycles. The number of nitrogens with zero attached hydrogens (tertiary/aromatic N) is 5. The summed E-state index contributed by atoms with van der Waals surface area (Å²) in [6.07, 6.45) is 9.46. The van der Waals surface area contributed by atoms with Gasteiger partial charge in [-0.05, 0) is 0 Å². The Hall–Kier alpha value is -2.44. The molecule has 3 aromatic heterocycles. The standard InChI is InChI=1S/C10H10N6O/c1(3-16-4-2-11-7-16)9-14-10(15-17-9)8-5-12-13-6-8/h2,4-7H,1,3H2,(H,12,13). The van der Waals surface area contributed by atoms with Crippen molar-refractivity contribution in [2.45, 2.75) is 13.0 Å². The maximum Gasteiger partial charge on any atom is 0.228 e. The molecule has 0 bridgehead atoms. The first-order valence-corrected chi connectivity index (χ1v) is 5.19. The summed E-state index contributed by atoms with van der Waals surface area (Å²) in [5, 5.41) is 10.4. The number of H-pyrrole nitrogens is 1. The summed E-state index contributed by atoms with van der Waals surface area (Å²) < 4.78 is 7.11. The fourth-order valence-electron chi connectivity index (χ4n) is 1.49. The Morgan fingerprint density at radius 2 is 2.41 bits per heavy atom. The third-order valence-electron chi connectivity index (χ3n) is 2.37. The van der Waals surface area contributed by atoms with Gasteiger partial charge in [0.2, 0.25) is 11.7 Å². The van der Waals surface area contributed by atoms with E-state index in [1.165, 1.54) is 0 Å². The summed E-state index contributed by atoms with van der Waals surface area (Å²) >= 11 is 0. The smallest absolute Gasteiger partial charge is 0.228 e. The van der Waals surface area contributed by atoms with Crippen molar-refractivity contribution in [2.24, 2.45) is 0 Å². The highest BCUT2D eigenvalue weighted by molar-refractivity contribution is 5.50. The van der Waals surface area contributed by atoms with Crippen molar-refractivity contribution in [1.29, 1.82) is 0 Å². The van der Waals surface area contributed by atoms with Crippen molar-refractivity contribution < 1.29 is 4.52 Å². The number of aromatic nitrogens is 6. The van der Waals surface area contributed by atoms with E-state index in [-0.39, 0.29) is 0 Å². The Balaban J connectivity index is 1.69. The molecule has 0 aliphatic rings. The lowest BCUT2D eigenvalue weighted by Crippen LogP contribution is -1.98. The van der Waals surface area contributed by atoms with E-state index in [0.717, 1.165) is 12.1 Å². The largest absolute Gasteiger partial charge is 0.339 e. The third-order valence-corrected chi connectivity index (χ3v) is 2.37. The zero-order chi connectivity index (χ0) is 11.5. The number of imidazole rings is 1. The maximum absolute atomic E-state index is 5.15.